The van der Waals surface area contributed by atoms with E-state index in [4.69, 9.17) is 0 Å². The number of rotatable bonds is 5. The zero-order valence-corrected chi connectivity index (χ0v) is 20.5. The molecule has 0 aliphatic rings. The zero-order valence-electron chi connectivity index (χ0n) is 18.7. The molecule has 0 atom stereocenters. The summed E-state index contributed by atoms with van der Waals surface area (Å²) in [5, 5.41) is 0. The predicted octanol–water partition coefficient (Wildman–Crippen LogP) is 9.22. The van der Waals surface area contributed by atoms with Gasteiger partial charge in [0.05, 0.1) is 0 Å². The van der Waals surface area contributed by atoms with Crippen LogP contribution in [0.25, 0.3) is 0 Å². The topological polar surface area (TPSA) is 0 Å². The molecule has 29 heavy (non-hydrogen) atoms. The average Bonchev–Trinajstić information content (AvgIpc) is 2.77. The van der Waals surface area contributed by atoms with Crippen LogP contribution >= 0.6 is 23.9 Å². The average molecular weight is 433 g/mol. The molecule has 0 bridgehead atoms. The number of benzene rings is 3. The highest BCUT2D eigenvalue weighted by Crippen LogP contribution is 2.69. The maximum absolute atomic E-state index is 16.5. The first kappa shape index (κ1) is 27.3. The Bertz CT molecular complexity index is 729. The van der Waals surface area contributed by atoms with Crippen molar-refractivity contribution >= 4 is 23.9 Å². The molecule has 3 aromatic carbocycles. The van der Waals surface area contributed by atoms with Crippen molar-refractivity contribution < 1.29 is 3.89 Å². The second-order valence-corrected chi connectivity index (χ2v) is 8.90. The quantitative estimate of drug-likeness (QED) is 0.377. The van der Waals surface area contributed by atoms with Crippen molar-refractivity contribution in [2.24, 2.45) is 5.92 Å². The Kier molecular flexibility index (Phi) is 13.5. The molecule has 3 aromatic rings. The van der Waals surface area contributed by atoms with Gasteiger partial charge in [0.15, 0.2) is 0 Å². The second-order valence-electron chi connectivity index (χ2n) is 6.41. The van der Waals surface area contributed by atoms with Crippen LogP contribution in [0.5, 0.6) is 0 Å². The lowest BCUT2D eigenvalue weighted by molar-refractivity contribution is 0.647. The summed E-state index contributed by atoms with van der Waals surface area (Å²) in [6, 6.07) is 27.1. The van der Waals surface area contributed by atoms with Gasteiger partial charge >= 0.3 is 0 Å². The van der Waals surface area contributed by atoms with Gasteiger partial charge in [-0.25, -0.2) is 0 Å². The molecule has 0 aliphatic heterocycles. The summed E-state index contributed by atoms with van der Waals surface area (Å²) in [6.45, 7) is 12.4. The van der Waals surface area contributed by atoms with E-state index in [1.54, 1.807) is 0 Å². The fourth-order valence-corrected chi connectivity index (χ4v) is 5.30. The normalized spacial score (nSPS) is 10.6. The Balaban J connectivity index is 0.00000148. The van der Waals surface area contributed by atoms with Gasteiger partial charge in [-0.05, 0) is 64.7 Å². The number of hydrogen-bond donors (Lipinski definition) is 0. The van der Waals surface area contributed by atoms with Crippen molar-refractivity contribution in [3.63, 3.8) is 0 Å². The van der Waals surface area contributed by atoms with E-state index in [1.165, 1.54) is 5.56 Å². The first-order valence-electron chi connectivity index (χ1n) is 10.3. The van der Waals surface area contributed by atoms with Gasteiger partial charge in [0.1, 0.15) is 0 Å². The maximum Gasteiger partial charge on any atom is 0.0263 e. The van der Waals surface area contributed by atoms with Crippen molar-refractivity contribution in [1.82, 2.24) is 0 Å². The Morgan fingerprint density at radius 1 is 0.621 bits per heavy atom. The highest BCUT2D eigenvalue weighted by atomic mass is 32.3. The summed E-state index contributed by atoms with van der Waals surface area (Å²) < 4.78 is 16.5. The fraction of sp³-hybridized carbons (Fsp3) is 0.308. The Morgan fingerprint density at radius 3 is 1.31 bits per heavy atom. The summed E-state index contributed by atoms with van der Waals surface area (Å²) in [6.07, 6.45) is 1.02. The Hall–Kier alpha value is -1.71. The van der Waals surface area contributed by atoms with Gasteiger partial charge in [-0.3, -0.25) is 0 Å². The van der Waals surface area contributed by atoms with Gasteiger partial charge in [-0.2, -0.15) is 17.4 Å². The number of halogens is 1. The summed E-state index contributed by atoms with van der Waals surface area (Å²) in [4.78, 5) is 2.24. The minimum Gasteiger partial charge on any atom is -0.197 e. The minimum absolute atomic E-state index is 0. The maximum atomic E-state index is 16.5. The smallest absolute Gasteiger partial charge is 0.0263 e. The summed E-state index contributed by atoms with van der Waals surface area (Å²) in [7, 11) is -2.72. The van der Waals surface area contributed by atoms with E-state index in [1.807, 2.05) is 100 Å². The van der Waals surface area contributed by atoms with Crippen LogP contribution in [0.1, 0.15) is 47.1 Å². The lowest BCUT2D eigenvalue weighted by Crippen LogP contribution is -1.99. The van der Waals surface area contributed by atoms with E-state index in [-0.39, 0.29) is 13.5 Å². The summed E-state index contributed by atoms with van der Waals surface area (Å²) in [5.74, 6) is 0.599. The molecule has 0 aromatic heterocycles. The summed E-state index contributed by atoms with van der Waals surface area (Å²) >= 11 is 0. The largest absolute Gasteiger partial charge is 0.197 e. The van der Waals surface area contributed by atoms with Crippen LogP contribution in [0.4, 0.5) is 3.89 Å². The third kappa shape index (κ3) is 7.24. The molecule has 0 unspecified atom stereocenters. The van der Waals surface area contributed by atoms with Gasteiger partial charge < -0.3 is 0 Å². The monoisotopic (exact) mass is 432 g/mol. The highest BCUT2D eigenvalue weighted by Gasteiger charge is 2.30. The second kappa shape index (κ2) is 14.3. The van der Waals surface area contributed by atoms with Crippen LogP contribution in [0.3, 0.4) is 0 Å². The molecule has 0 nitrogen and oxygen atoms in total. The SMILES string of the molecule is CC.CC.CC(C)Cc1ccc(S(F)(c2ccccc2)c2ccccc2)cc1.S. The molecule has 0 saturated heterocycles. The number of hydrogen-bond acceptors (Lipinski definition) is 0. The molecule has 0 heterocycles. The van der Waals surface area contributed by atoms with Crippen LogP contribution in [-0.4, -0.2) is 0 Å². The van der Waals surface area contributed by atoms with Crippen molar-refractivity contribution in [3.8, 4) is 0 Å². The lowest BCUT2D eigenvalue weighted by Gasteiger charge is -2.32. The van der Waals surface area contributed by atoms with Crippen molar-refractivity contribution in [2.45, 2.75) is 62.6 Å². The zero-order chi connectivity index (χ0) is 21.0. The molecule has 0 radical (unpaired) electrons. The van der Waals surface area contributed by atoms with Crippen LogP contribution in [0.2, 0.25) is 0 Å². The highest BCUT2D eigenvalue weighted by molar-refractivity contribution is 8.29. The van der Waals surface area contributed by atoms with Crippen LogP contribution < -0.4 is 0 Å². The van der Waals surface area contributed by atoms with Crippen molar-refractivity contribution in [3.05, 3.63) is 90.5 Å². The first-order chi connectivity index (χ1) is 13.6. The fourth-order valence-electron chi connectivity index (χ4n) is 2.91. The first-order valence-corrected chi connectivity index (χ1v) is 11.9. The van der Waals surface area contributed by atoms with Gasteiger partial charge in [-0.1, -0.05) is 90.1 Å². The Morgan fingerprint density at radius 2 is 0.966 bits per heavy atom. The molecule has 3 heteroatoms. The van der Waals surface area contributed by atoms with Crippen molar-refractivity contribution in [1.29, 1.82) is 0 Å². The third-order valence-electron chi connectivity index (χ3n) is 4.03. The third-order valence-corrected chi connectivity index (χ3v) is 6.79. The standard InChI is InChI=1S/C22H23FS.2C2H6.H2S/c1-18(2)17-19-13-15-22(16-14-19)24(23,20-9-5-3-6-10-20)21-11-7-4-8-12-21;2*1-2;/h3-16,18H,17H2,1-2H3;2*1-2H3;1H2. The molecular weight excluding hydrogens is 395 g/mol. The minimum atomic E-state index is -2.72. The lowest BCUT2D eigenvalue weighted by atomic mass is 10.0. The molecule has 0 N–H and O–H groups in total. The van der Waals surface area contributed by atoms with E-state index in [0.717, 1.165) is 21.1 Å². The van der Waals surface area contributed by atoms with Crippen LogP contribution in [0, 0.1) is 5.92 Å². The van der Waals surface area contributed by atoms with E-state index < -0.39 is 10.4 Å². The van der Waals surface area contributed by atoms with Gasteiger partial charge in [-0.15, -0.1) is 0 Å². The Labute approximate surface area is 186 Å². The molecule has 0 aliphatic carbocycles. The van der Waals surface area contributed by atoms with Gasteiger partial charge in [0.2, 0.25) is 0 Å². The van der Waals surface area contributed by atoms with E-state index in [9.17, 15) is 0 Å². The molecule has 160 valence electrons. The molecule has 3 rings (SSSR count). The van der Waals surface area contributed by atoms with E-state index in [2.05, 4.69) is 26.0 Å². The molecule has 0 fully saturated rings. The van der Waals surface area contributed by atoms with Gasteiger partial charge in [0.25, 0.3) is 0 Å². The van der Waals surface area contributed by atoms with E-state index in [0.29, 0.717) is 5.92 Å². The molecular formula is C26H37FS2. The molecule has 0 amide bonds. The molecule has 0 spiro atoms. The predicted molar refractivity (Wildman–Crippen MR) is 134 cm³/mol. The van der Waals surface area contributed by atoms with E-state index >= 15 is 3.89 Å². The van der Waals surface area contributed by atoms with Gasteiger partial charge in [0, 0.05) is 14.7 Å². The van der Waals surface area contributed by atoms with Crippen LogP contribution in [0.15, 0.2) is 99.6 Å². The summed E-state index contributed by atoms with van der Waals surface area (Å²) in [5.41, 5.74) is 1.26. The molecule has 0 saturated carbocycles. The van der Waals surface area contributed by atoms with Crippen molar-refractivity contribution in [2.75, 3.05) is 0 Å². The van der Waals surface area contributed by atoms with Crippen LogP contribution in [-0.2, 0) is 6.42 Å².